The standard InChI is InChI=1S/C20H20N2O/c1-20-17-6-4-3-5-13(17)12-22(20)10-9-15-16-11-14(23-2)7-8-18(16)21-19(15)20/h3-8,11,21H,9-10,12H2,1-2H3. The molecule has 3 aromatic rings. The van der Waals surface area contributed by atoms with Crippen LogP contribution in [-0.4, -0.2) is 23.5 Å². The molecule has 0 bridgehead atoms. The second-order valence-electron chi connectivity index (χ2n) is 6.79. The van der Waals surface area contributed by atoms with Gasteiger partial charge in [-0.2, -0.15) is 0 Å². The van der Waals surface area contributed by atoms with Gasteiger partial charge in [0, 0.05) is 29.7 Å². The minimum Gasteiger partial charge on any atom is -0.497 e. The summed E-state index contributed by atoms with van der Waals surface area (Å²) < 4.78 is 5.43. The van der Waals surface area contributed by atoms with Crippen molar-refractivity contribution in [3.05, 3.63) is 64.8 Å². The summed E-state index contributed by atoms with van der Waals surface area (Å²) >= 11 is 0. The molecule has 0 saturated heterocycles. The minimum absolute atomic E-state index is 0.0452. The molecule has 1 aromatic heterocycles. The molecule has 0 saturated carbocycles. The average molecular weight is 304 g/mol. The maximum absolute atomic E-state index is 5.43. The molecule has 1 atom stereocenters. The lowest BCUT2D eigenvalue weighted by molar-refractivity contribution is 0.141. The third-order valence-corrected chi connectivity index (χ3v) is 5.77. The van der Waals surface area contributed by atoms with E-state index in [-0.39, 0.29) is 5.54 Å². The van der Waals surface area contributed by atoms with Gasteiger partial charge in [-0.1, -0.05) is 24.3 Å². The van der Waals surface area contributed by atoms with Gasteiger partial charge < -0.3 is 9.72 Å². The monoisotopic (exact) mass is 304 g/mol. The van der Waals surface area contributed by atoms with Crippen molar-refractivity contribution < 1.29 is 4.74 Å². The fourth-order valence-corrected chi connectivity index (χ4v) is 4.54. The summed E-state index contributed by atoms with van der Waals surface area (Å²) in [4.78, 5) is 6.33. The Morgan fingerprint density at radius 3 is 2.91 bits per heavy atom. The molecule has 116 valence electrons. The molecule has 1 unspecified atom stereocenters. The molecule has 3 heteroatoms. The lowest BCUT2D eigenvalue weighted by Crippen LogP contribution is -2.44. The molecule has 1 N–H and O–H groups in total. The average Bonchev–Trinajstić information content (AvgIpc) is 3.10. The predicted molar refractivity (Wildman–Crippen MR) is 91.9 cm³/mol. The third-order valence-electron chi connectivity index (χ3n) is 5.77. The fourth-order valence-electron chi connectivity index (χ4n) is 4.54. The molecule has 0 aliphatic carbocycles. The molecule has 0 radical (unpaired) electrons. The number of aromatic nitrogens is 1. The summed E-state index contributed by atoms with van der Waals surface area (Å²) in [5.74, 6) is 0.929. The van der Waals surface area contributed by atoms with Crippen LogP contribution in [0.2, 0.25) is 0 Å². The van der Waals surface area contributed by atoms with Crippen LogP contribution in [0.25, 0.3) is 10.9 Å². The van der Waals surface area contributed by atoms with Crippen molar-refractivity contribution in [2.45, 2.75) is 25.4 Å². The van der Waals surface area contributed by atoms with Crippen LogP contribution in [0.5, 0.6) is 5.75 Å². The first-order valence-corrected chi connectivity index (χ1v) is 8.24. The van der Waals surface area contributed by atoms with Crippen LogP contribution in [0, 0.1) is 0 Å². The van der Waals surface area contributed by atoms with Crippen molar-refractivity contribution in [3.63, 3.8) is 0 Å². The Morgan fingerprint density at radius 1 is 1.17 bits per heavy atom. The third kappa shape index (κ3) is 1.58. The van der Waals surface area contributed by atoms with E-state index in [2.05, 4.69) is 53.2 Å². The zero-order valence-corrected chi connectivity index (χ0v) is 13.5. The SMILES string of the molecule is COc1ccc2[nH]c3c(c2c1)CCN1Cc2ccccc2C31C. The highest BCUT2D eigenvalue weighted by atomic mass is 16.5. The molecule has 2 aliphatic rings. The first kappa shape index (κ1) is 13.2. The van der Waals surface area contributed by atoms with E-state index in [1.54, 1.807) is 7.11 Å². The summed E-state index contributed by atoms with van der Waals surface area (Å²) in [5, 5.41) is 1.31. The summed E-state index contributed by atoms with van der Waals surface area (Å²) in [6, 6.07) is 15.2. The highest BCUT2D eigenvalue weighted by molar-refractivity contribution is 5.87. The quantitative estimate of drug-likeness (QED) is 0.740. The van der Waals surface area contributed by atoms with Crippen molar-refractivity contribution in [2.24, 2.45) is 0 Å². The van der Waals surface area contributed by atoms with Crippen LogP contribution in [0.1, 0.15) is 29.3 Å². The van der Waals surface area contributed by atoms with Crippen molar-refractivity contribution >= 4 is 10.9 Å². The molecule has 0 spiro atoms. The Kier molecular flexibility index (Phi) is 2.52. The van der Waals surface area contributed by atoms with E-state index in [9.17, 15) is 0 Å². The normalized spacial score (nSPS) is 22.7. The van der Waals surface area contributed by atoms with Gasteiger partial charge in [0.15, 0.2) is 0 Å². The molecule has 0 fully saturated rings. The number of aromatic amines is 1. The van der Waals surface area contributed by atoms with Crippen LogP contribution >= 0.6 is 0 Å². The number of methoxy groups -OCH3 is 1. The number of hydrogen-bond acceptors (Lipinski definition) is 2. The predicted octanol–water partition coefficient (Wildman–Crippen LogP) is 3.81. The van der Waals surface area contributed by atoms with Gasteiger partial charge in [0.25, 0.3) is 0 Å². The Balaban J connectivity index is 1.80. The van der Waals surface area contributed by atoms with Crippen LogP contribution in [0.15, 0.2) is 42.5 Å². The van der Waals surface area contributed by atoms with E-state index in [1.165, 1.54) is 33.3 Å². The molecule has 0 amide bonds. The summed E-state index contributed by atoms with van der Waals surface area (Å²) in [7, 11) is 1.73. The number of ether oxygens (including phenoxy) is 1. The smallest absolute Gasteiger partial charge is 0.119 e. The van der Waals surface area contributed by atoms with E-state index in [1.807, 2.05) is 6.07 Å². The van der Waals surface area contributed by atoms with Gasteiger partial charge in [-0.3, -0.25) is 4.90 Å². The second-order valence-corrected chi connectivity index (χ2v) is 6.79. The molecule has 2 aliphatic heterocycles. The second kappa shape index (κ2) is 4.39. The van der Waals surface area contributed by atoms with E-state index in [0.717, 1.165) is 25.3 Å². The number of rotatable bonds is 1. The van der Waals surface area contributed by atoms with E-state index in [0.29, 0.717) is 0 Å². The summed E-state index contributed by atoms with van der Waals surface area (Å²) in [5.41, 5.74) is 6.88. The van der Waals surface area contributed by atoms with Crippen molar-refractivity contribution in [1.82, 2.24) is 9.88 Å². The lowest BCUT2D eigenvalue weighted by Gasteiger charge is -2.40. The Morgan fingerprint density at radius 2 is 2.04 bits per heavy atom. The molecule has 2 aromatic carbocycles. The van der Waals surface area contributed by atoms with Gasteiger partial charge >= 0.3 is 0 Å². The number of nitrogens with one attached hydrogen (secondary N) is 1. The lowest BCUT2D eigenvalue weighted by atomic mass is 9.83. The molecular formula is C20H20N2O. The van der Waals surface area contributed by atoms with Crippen LogP contribution in [-0.2, 0) is 18.5 Å². The Bertz CT molecular complexity index is 927. The zero-order valence-electron chi connectivity index (χ0n) is 13.5. The largest absolute Gasteiger partial charge is 0.497 e. The molecule has 3 nitrogen and oxygen atoms in total. The molecule has 5 rings (SSSR count). The van der Waals surface area contributed by atoms with Crippen molar-refractivity contribution in [2.75, 3.05) is 13.7 Å². The first-order chi connectivity index (χ1) is 11.2. The van der Waals surface area contributed by atoms with Gasteiger partial charge in [0.2, 0.25) is 0 Å². The van der Waals surface area contributed by atoms with E-state index < -0.39 is 0 Å². The van der Waals surface area contributed by atoms with Gasteiger partial charge in [-0.05, 0) is 48.2 Å². The Labute approximate surface area is 135 Å². The van der Waals surface area contributed by atoms with Gasteiger partial charge in [-0.15, -0.1) is 0 Å². The Hall–Kier alpha value is -2.26. The highest BCUT2D eigenvalue weighted by Crippen LogP contribution is 2.48. The maximum Gasteiger partial charge on any atom is 0.119 e. The van der Waals surface area contributed by atoms with E-state index in [4.69, 9.17) is 4.74 Å². The van der Waals surface area contributed by atoms with Crippen LogP contribution in [0.3, 0.4) is 0 Å². The topological polar surface area (TPSA) is 28.3 Å². The number of H-pyrrole nitrogens is 1. The van der Waals surface area contributed by atoms with Crippen molar-refractivity contribution in [1.29, 1.82) is 0 Å². The van der Waals surface area contributed by atoms with Gasteiger partial charge in [0.05, 0.1) is 12.6 Å². The number of hydrogen-bond donors (Lipinski definition) is 1. The molecule has 3 heterocycles. The first-order valence-electron chi connectivity index (χ1n) is 8.24. The number of benzene rings is 2. The highest BCUT2D eigenvalue weighted by Gasteiger charge is 2.47. The maximum atomic E-state index is 5.43. The number of nitrogens with zero attached hydrogens (tertiary/aromatic N) is 1. The number of fused-ring (bicyclic) bond motifs is 7. The zero-order chi connectivity index (χ0) is 15.6. The van der Waals surface area contributed by atoms with Gasteiger partial charge in [-0.25, -0.2) is 0 Å². The van der Waals surface area contributed by atoms with Crippen LogP contribution in [0.4, 0.5) is 0 Å². The van der Waals surface area contributed by atoms with Gasteiger partial charge in [0.1, 0.15) is 5.75 Å². The molecule has 23 heavy (non-hydrogen) atoms. The molecular weight excluding hydrogens is 284 g/mol. The van der Waals surface area contributed by atoms with E-state index >= 15 is 0 Å². The van der Waals surface area contributed by atoms with Crippen LogP contribution < -0.4 is 4.74 Å². The summed E-state index contributed by atoms with van der Waals surface area (Å²) in [6.07, 6.45) is 1.09. The minimum atomic E-state index is -0.0452. The summed E-state index contributed by atoms with van der Waals surface area (Å²) in [6.45, 7) is 4.51. The van der Waals surface area contributed by atoms with Crippen molar-refractivity contribution in [3.8, 4) is 5.75 Å². The fraction of sp³-hybridized carbons (Fsp3) is 0.300.